The number of fused-ring (bicyclic) bond motifs is 1. The maximum atomic E-state index is 11.4. The number of aromatic nitrogens is 2. The van der Waals surface area contributed by atoms with Crippen molar-refractivity contribution in [2.45, 2.75) is 5.03 Å². The summed E-state index contributed by atoms with van der Waals surface area (Å²) in [6, 6.07) is 0. The van der Waals surface area contributed by atoms with Crippen LogP contribution in [-0.2, 0) is 0 Å². The lowest BCUT2D eigenvalue weighted by atomic mass is 10.4. The second-order valence-electron chi connectivity index (χ2n) is 2.73. The van der Waals surface area contributed by atoms with E-state index in [-0.39, 0.29) is 23.8 Å². The van der Waals surface area contributed by atoms with E-state index in [1.54, 1.807) is 0 Å². The van der Waals surface area contributed by atoms with Gasteiger partial charge in [-0.05, 0) is 0 Å². The summed E-state index contributed by atoms with van der Waals surface area (Å²) in [5.74, 6) is 0.628. The maximum Gasteiger partial charge on any atom is 0.279 e. The van der Waals surface area contributed by atoms with Crippen molar-refractivity contribution >= 4 is 29.1 Å². The number of aliphatic hydroxyl groups is 1. The zero-order valence-corrected chi connectivity index (χ0v) is 7.97. The van der Waals surface area contributed by atoms with Crippen LogP contribution in [0.4, 0.5) is 11.6 Å². The summed E-state index contributed by atoms with van der Waals surface area (Å²) in [6.45, 7) is -0.143. The average Bonchev–Trinajstić information content (AvgIpc) is 2.17. The van der Waals surface area contributed by atoms with E-state index in [1.165, 1.54) is 11.8 Å². The monoisotopic (exact) mass is 212 g/mol. The molecule has 1 aromatic rings. The number of nitrogen functional groups attached to an aromatic ring is 1. The van der Waals surface area contributed by atoms with Gasteiger partial charge in [0, 0.05) is 5.75 Å². The maximum absolute atomic E-state index is 11.4. The molecule has 0 amide bonds. The number of H-pyrrole nitrogens is 1. The number of hydrogen-bond acceptors (Lipinski definition) is 6. The number of rotatable bonds is 1. The predicted octanol–water partition coefficient (Wildman–Crippen LogP) is -0.477. The molecule has 0 saturated heterocycles. The number of aromatic amines is 1. The summed E-state index contributed by atoms with van der Waals surface area (Å²) in [4.78, 5) is 21.6. The Morgan fingerprint density at radius 1 is 1.64 bits per heavy atom. The fourth-order valence-corrected chi connectivity index (χ4v) is 1.98. The zero-order chi connectivity index (χ0) is 10.1. The van der Waals surface area contributed by atoms with Crippen LogP contribution in [0.1, 0.15) is 0 Å². The molecule has 7 heteroatoms. The molecule has 4 N–H and O–H groups in total. The summed E-state index contributed by atoms with van der Waals surface area (Å²) in [6.07, 6.45) is 0. The Morgan fingerprint density at radius 3 is 3.14 bits per heavy atom. The Balaban J connectivity index is 2.58. The fourth-order valence-electron chi connectivity index (χ4n) is 1.09. The van der Waals surface area contributed by atoms with Gasteiger partial charge in [-0.1, -0.05) is 11.8 Å². The van der Waals surface area contributed by atoms with Crippen molar-refractivity contribution in [2.75, 3.05) is 18.1 Å². The van der Waals surface area contributed by atoms with Gasteiger partial charge in [0.25, 0.3) is 5.56 Å². The highest BCUT2D eigenvalue weighted by molar-refractivity contribution is 8.00. The van der Waals surface area contributed by atoms with Gasteiger partial charge in [-0.2, -0.15) is 0 Å². The van der Waals surface area contributed by atoms with Gasteiger partial charge in [-0.3, -0.25) is 9.78 Å². The van der Waals surface area contributed by atoms with Crippen molar-refractivity contribution in [1.82, 2.24) is 9.97 Å². The van der Waals surface area contributed by atoms with Crippen LogP contribution >= 0.6 is 11.8 Å². The molecule has 1 aliphatic heterocycles. The molecule has 1 aromatic heterocycles. The summed E-state index contributed by atoms with van der Waals surface area (Å²) >= 11 is 1.35. The van der Waals surface area contributed by atoms with Crippen molar-refractivity contribution in [2.24, 2.45) is 4.99 Å². The Morgan fingerprint density at radius 2 is 2.43 bits per heavy atom. The summed E-state index contributed by atoms with van der Waals surface area (Å²) in [5, 5.41) is 9.38. The molecule has 74 valence electrons. The first-order valence-corrected chi connectivity index (χ1v) is 4.89. The van der Waals surface area contributed by atoms with Crippen molar-refractivity contribution in [1.29, 1.82) is 0 Å². The largest absolute Gasteiger partial charge is 0.390 e. The molecule has 0 aliphatic carbocycles. The van der Waals surface area contributed by atoms with E-state index in [9.17, 15) is 4.79 Å². The molecule has 0 saturated carbocycles. The van der Waals surface area contributed by atoms with Crippen LogP contribution in [0.3, 0.4) is 0 Å². The lowest BCUT2D eigenvalue weighted by Crippen LogP contribution is -2.18. The second-order valence-corrected chi connectivity index (χ2v) is 3.69. The number of nitrogens with one attached hydrogen (secondary N) is 1. The van der Waals surface area contributed by atoms with E-state index < -0.39 is 0 Å². The quantitative estimate of drug-likeness (QED) is 0.545. The molecule has 0 unspecified atom stereocenters. The van der Waals surface area contributed by atoms with Crippen LogP contribution in [0.15, 0.2) is 14.8 Å². The Kier molecular flexibility index (Phi) is 2.26. The van der Waals surface area contributed by atoms with Crippen LogP contribution in [0.5, 0.6) is 0 Å². The third-order valence-electron chi connectivity index (χ3n) is 1.71. The normalized spacial score (nSPS) is 14.8. The van der Waals surface area contributed by atoms with E-state index in [0.29, 0.717) is 16.5 Å². The van der Waals surface area contributed by atoms with Crippen LogP contribution in [0.25, 0.3) is 0 Å². The molecule has 14 heavy (non-hydrogen) atoms. The smallest absolute Gasteiger partial charge is 0.279 e. The number of aliphatic imine (C=N–C) groups is 1. The molecular formula is C7H8N4O2S. The topological polar surface area (TPSA) is 104 Å². The lowest BCUT2D eigenvalue weighted by Gasteiger charge is -2.11. The summed E-state index contributed by atoms with van der Waals surface area (Å²) in [5.41, 5.74) is 5.81. The van der Waals surface area contributed by atoms with Gasteiger partial charge in [0.1, 0.15) is 5.03 Å². The van der Waals surface area contributed by atoms with Gasteiger partial charge in [0.05, 0.1) is 12.3 Å². The van der Waals surface area contributed by atoms with Crippen molar-refractivity contribution in [3.8, 4) is 0 Å². The first-order valence-electron chi connectivity index (χ1n) is 3.90. The van der Waals surface area contributed by atoms with E-state index in [2.05, 4.69) is 15.0 Å². The van der Waals surface area contributed by atoms with Gasteiger partial charge >= 0.3 is 0 Å². The first kappa shape index (κ1) is 9.22. The highest BCUT2D eigenvalue weighted by Gasteiger charge is 2.16. The first-order chi connectivity index (χ1) is 6.70. The highest BCUT2D eigenvalue weighted by atomic mass is 32.2. The van der Waals surface area contributed by atoms with E-state index in [4.69, 9.17) is 10.8 Å². The number of nitrogens with zero attached hydrogens (tertiary/aromatic N) is 2. The minimum atomic E-state index is -0.370. The molecular weight excluding hydrogens is 204 g/mol. The van der Waals surface area contributed by atoms with Gasteiger partial charge in [-0.25, -0.2) is 9.98 Å². The van der Waals surface area contributed by atoms with E-state index in [1.807, 2.05) is 0 Å². The van der Waals surface area contributed by atoms with Crippen LogP contribution in [0.2, 0.25) is 0 Å². The number of aliphatic hydroxyl groups excluding tert-OH is 1. The third kappa shape index (κ3) is 1.51. The molecule has 0 fully saturated rings. The summed E-state index contributed by atoms with van der Waals surface area (Å²) < 4.78 is 0. The van der Waals surface area contributed by atoms with Crippen LogP contribution < -0.4 is 11.3 Å². The SMILES string of the molecule is Nc1nc2c(c(=O)[nH]1)N=C(CO)CS2. The zero-order valence-electron chi connectivity index (χ0n) is 7.15. The van der Waals surface area contributed by atoms with Crippen molar-refractivity contribution < 1.29 is 5.11 Å². The summed E-state index contributed by atoms with van der Waals surface area (Å²) in [7, 11) is 0. The number of nitrogens with two attached hydrogens (primary N) is 1. The van der Waals surface area contributed by atoms with Gasteiger partial charge in [0.15, 0.2) is 5.69 Å². The van der Waals surface area contributed by atoms with Crippen molar-refractivity contribution in [3.05, 3.63) is 10.4 Å². The van der Waals surface area contributed by atoms with Crippen LogP contribution in [0, 0.1) is 0 Å². The van der Waals surface area contributed by atoms with E-state index >= 15 is 0 Å². The average molecular weight is 212 g/mol. The molecule has 6 nitrogen and oxygen atoms in total. The molecule has 0 spiro atoms. The minimum Gasteiger partial charge on any atom is -0.390 e. The number of anilines is 1. The van der Waals surface area contributed by atoms with Crippen molar-refractivity contribution in [3.63, 3.8) is 0 Å². The second kappa shape index (κ2) is 3.43. The Labute approximate surface area is 83.3 Å². The standard InChI is InChI=1S/C7H8N4O2S/c8-7-10-5(13)4-6(11-7)14-2-3(1-12)9-4/h12H,1-2H2,(H3,8,10,11,13). The lowest BCUT2D eigenvalue weighted by molar-refractivity contribution is 0.357. The molecule has 2 rings (SSSR count). The number of hydrogen-bond donors (Lipinski definition) is 3. The fraction of sp³-hybridized carbons (Fsp3) is 0.286. The van der Waals surface area contributed by atoms with Gasteiger partial charge in [-0.15, -0.1) is 0 Å². The molecule has 0 atom stereocenters. The Hall–Kier alpha value is -1.34. The predicted molar refractivity (Wildman–Crippen MR) is 54.2 cm³/mol. The molecule has 0 aromatic carbocycles. The van der Waals surface area contributed by atoms with Gasteiger partial charge in [0.2, 0.25) is 5.95 Å². The van der Waals surface area contributed by atoms with E-state index in [0.717, 1.165) is 0 Å². The molecule has 2 heterocycles. The van der Waals surface area contributed by atoms with Crippen LogP contribution in [-0.4, -0.2) is 33.1 Å². The molecule has 0 radical (unpaired) electrons. The third-order valence-corrected chi connectivity index (χ3v) is 2.74. The number of thioether (sulfide) groups is 1. The molecule has 0 bridgehead atoms. The van der Waals surface area contributed by atoms with Gasteiger partial charge < -0.3 is 10.8 Å². The Bertz CT molecular complexity index is 453. The minimum absolute atomic E-state index is 0.0869. The highest BCUT2D eigenvalue weighted by Crippen LogP contribution is 2.28. The molecule has 1 aliphatic rings.